The summed E-state index contributed by atoms with van der Waals surface area (Å²) >= 11 is 3.16. The summed E-state index contributed by atoms with van der Waals surface area (Å²) in [6.07, 6.45) is 8.01. The lowest BCUT2D eigenvalue weighted by molar-refractivity contribution is -0.118. The molecule has 122 valence electrons. The third kappa shape index (κ3) is 2.66. The van der Waals surface area contributed by atoms with Crippen LogP contribution >= 0.6 is 23.1 Å². The van der Waals surface area contributed by atoms with Crippen LogP contribution in [-0.2, 0) is 24.7 Å². The van der Waals surface area contributed by atoms with Crippen molar-refractivity contribution in [2.75, 3.05) is 0 Å². The number of aromatic nitrogens is 2. The van der Waals surface area contributed by atoms with Gasteiger partial charge < -0.3 is 0 Å². The maximum absolute atomic E-state index is 12.8. The Labute approximate surface area is 143 Å². The highest BCUT2D eigenvalue weighted by molar-refractivity contribution is 8.00. The van der Waals surface area contributed by atoms with Gasteiger partial charge in [0.2, 0.25) is 0 Å². The van der Waals surface area contributed by atoms with Crippen molar-refractivity contribution in [1.82, 2.24) is 9.55 Å². The van der Waals surface area contributed by atoms with Crippen LogP contribution < -0.4 is 5.56 Å². The number of thioether (sulfide) groups is 1. The molecule has 0 radical (unpaired) electrons. The lowest BCUT2D eigenvalue weighted by Gasteiger charge is -2.14. The number of aryl methyl sites for hydroxylation is 2. The highest BCUT2D eigenvalue weighted by Crippen LogP contribution is 2.36. The van der Waals surface area contributed by atoms with Gasteiger partial charge in [0.05, 0.1) is 10.6 Å². The highest BCUT2D eigenvalue weighted by Gasteiger charge is 2.26. The van der Waals surface area contributed by atoms with Gasteiger partial charge in [-0.25, -0.2) is 4.98 Å². The Balaban J connectivity index is 1.74. The Morgan fingerprint density at radius 1 is 1.13 bits per heavy atom. The number of hydrogen-bond acceptors (Lipinski definition) is 5. The molecule has 2 aliphatic carbocycles. The van der Waals surface area contributed by atoms with Crippen molar-refractivity contribution in [3.05, 3.63) is 20.8 Å². The van der Waals surface area contributed by atoms with Gasteiger partial charge >= 0.3 is 0 Å². The predicted octanol–water partition coefficient (Wildman–Crippen LogP) is 3.48. The van der Waals surface area contributed by atoms with Crippen LogP contribution in [0.25, 0.3) is 10.2 Å². The van der Waals surface area contributed by atoms with Crippen LogP contribution in [0.3, 0.4) is 0 Å². The van der Waals surface area contributed by atoms with E-state index in [1.54, 1.807) is 23.0 Å². The second-order valence-electron chi connectivity index (χ2n) is 6.47. The maximum atomic E-state index is 12.8. The predicted molar refractivity (Wildman–Crippen MR) is 94.6 cm³/mol. The van der Waals surface area contributed by atoms with Crippen molar-refractivity contribution in [2.24, 2.45) is 7.05 Å². The van der Waals surface area contributed by atoms with Gasteiger partial charge in [-0.2, -0.15) is 0 Å². The van der Waals surface area contributed by atoms with E-state index in [1.807, 2.05) is 0 Å². The quantitative estimate of drug-likeness (QED) is 0.616. The molecule has 0 spiro atoms. The minimum atomic E-state index is -0.0418. The molecule has 0 saturated heterocycles. The van der Waals surface area contributed by atoms with Gasteiger partial charge in [0.1, 0.15) is 10.6 Å². The zero-order valence-electron chi connectivity index (χ0n) is 13.3. The van der Waals surface area contributed by atoms with Crippen LogP contribution in [0.15, 0.2) is 9.95 Å². The molecular formula is C17H20N2O2S2. The minimum Gasteiger partial charge on any atom is -0.298 e. The van der Waals surface area contributed by atoms with E-state index in [-0.39, 0.29) is 10.8 Å². The smallest absolute Gasteiger partial charge is 0.262 e. The summed E-state index contributed by atoms with van der Waals surface area (Å²) < 4.78 is 1.65. The Kier molecular flexibility index (Phi) is 4.05. The van der Waals surface area contributed by atoms with Crippen LogP contribution in [0.4, 0.5) is 0 Å². The number of thiophene rings is 1. The molecule has 2 aliphatic rings. The highest BCUT2D eigenvalue weighted by atomic mass is 32.2. The van der Waals surface area contributed by atoms with E-state index in [1.165, 1.54) is 22.2 Å². The van der Waals surface area contributed by atoms with Crippen molar-refractivity contribution >= 4 is 39.1 Å². The van der Waals surface area contributed by atoms with Crippen LogP contribution in [0.1, 0.15) is 49.0 Å². The number of rotatable bonds is 2. The molecule has 0 aliphatic heterocycles. The summed E-state index contributed by atoms with van der Waals surface area (Å²) in [7, 11) is 1.79. The second kappa shape index (κ2) is 6.06. The lowest BCUT2D eigenvalue weighted by Crippen LogP contribution is -2.23. The number of hydrogen-bond donors (Lipinski definition) is 0. The first-order valence-corrected chi connectivity index (χ1v) is 10.1. The topological polar surface area (TPSA) is 52.0 Å². The van der Waals surface area contributed by atoms with Gasteiger partial charge in [-0.1, -0.05) is 24.6 Å². The summed E-state index contributed by atoms with van der Waals surface area (Å²) in [5.74, 6) is 0.315. The number of fused-ring (bicyclic) bond motifs is 3. The van der Waals surface area contributed by atoms with Crippen molar-refractivity contribution in [2.45, 2.75) is 61.8 Å². The van der Waals surface area contributed by atoms with Gasteiger partial charge in [-0.3, -0.25) is 14.2 Å². The van der Waals surface area contributed by atoms with E-state index < -0.39 is 0 Å². The number of ketones is 1. The van der Waals surface area contributed by atoms with E-state index in [9.17, 15) is 9.59 Å². The monoisotopic (exact) mass is 348 g/mol. The first kappa shape index (κ1) is 15.4. The molecule has 0 amide bonds. The SMILES string of the molecule is Cn1c(SC2CCCCCC2=O)nc2sc3c(c2c1=O)CCC3. The zero-order valence-corrected chi connectivity index (χ0v) is 14.9. The Hall–Kier alpha value is -1.14. The molecule has 1 atom stereocenters. The largest absolute Gasteiger partial charge is 0.298 e. The molecule has 0 bridgehead atoms. The van der Waals surface area contributed by atoms with Crippen molar-refractivity contribution < 1.29 is 4.79 Å². The van der Waals surface area contributed by atoms with Crippen LogP contribution in [0.2, 0.25) is 0 Å². The fourth-order valence-electron chi connectivity index (χ4n) is 3.59. The standard InChI is InChI=1S/C17H20N2O2S2/c1-19-16(21)14-10-6-5-9-12(10)22-15(14)18-17(19)23-13-8-4-2-3-7-11(13)20/h13H,2-9H2,1H3. The normalized spacial score (nSPS) is 21.6. The summed E-state index contributed by atoms with van der Waals surface area (Å²) in [5.41, 5.74) is 1.28. The van der Waals surface area contributed by atoms with E-state index in [0.29, 0.717) is 17.4 Å². The van der Waals surface area contributed by atoms with Crippen LogP contribution in [-0.4, -0.2) is 20.6 Å². The van der Waals surface area contributed by atoms with Crippen LogP contribution in [0.5, 0.6) is 0 Å². The fourth-order valence-corrected chi connectivity index (χ4v) is 6.07. The average molecular weight is 348 g/mol. The van der Waals surface area contributed by atoms with Crippen molar-refractivity contribution in [3.8, 4) is 0 Å². The molecule has 23 heavy (non-hydrogen) atoms. The van der Waals surface area contributed by atoms with Gasteiger partial charge in [0.15, 0.2) is 5.16 Å². The molecule has 2 aromatic heterocycles. The summed E-state index contributed by atoms with van der Waals surface area (Å²) in [6.45, 7) is 0. The molecule has 4 rings (SSSR count). The molecule has 2 heterocycles. The minimum absolute atomic E-state index is 0.0418. The molecule has 1 unspecified atom stereocenters. The van der Waals surface area contributed by atoms with Gasteiger partial charge in [-0.05, 0) is 37.7 Å². The number of carbonyl (C=O) groups is 1. The van der Waals surface area contributed by atoms with Crippen molar-refractivity contribution in [3.63, 3.8) is 0 Å². The van der Waals surface area contributed by atoms with E-state index >= 15 is 0 Å². The molecular weight excluding hydrogens is 328 g/mol. The Morgan fingerprint density at radius 3 is 2.87 bits per heavy atom. The van der Waals surface area contributed by atoms with E-state index in [4.69, 9.17) is 4.98 Å². The van der Waals surface area contributed by atoms with Gasteiger partial charge in [0, 0.05) is 18.3 Å². The maximum Gasteiger partial charge on any atom is 0.262 e. The summed E-state index contributed by atoms with van der Waals surface area (Å²) in [6, 6.07) is 0. The first-order valence-electron chi connectivity index (χ1n) is 8.36. The molecule has 0 N–H and O–H groups in total. The summed E-state index contributed by atoms with van der Waals surface area (Å²) in [4.78, 5) is 32.0. The van der Waals surface area contributed by atoms with E-state index in [2.05, 4.69) is 0 Å². The average Bonchev–Trinajstić information content (AvgIpc) is 3.04. The molecule has 2 aromatic rings. The Bertz CT molecular complexity index is 837. The fraction of sp³-hybridized carbons (Fsp3) is 0.588. The first-order chi connectivity index (χ1) is 11.1. The van der Waals surface area contributed by atoms with Gasteiger partial charge in [0.25, 0.3) is 5.56 Å². The molecule has 1 saturated carbocycles. The number of Topliss-reactive ketones (excluding diaryl/α,β-unsaturated/α-hetero) is 1. The lowest BCUT2D eigenvalue weighted by atomic mass is 10.2. The third-order valence-electron chi connectivity index (χ3n) is 4.90. The molecule has 1 fully saturated rings. The van der Waals surface area contributed by atoms with E-state index in [0.717, 1.165) is 55.2 Å². The second-order valence-corrected chi connectivity index (χ2v) is 8.72. The Morgan fingerprint density at radius 2 is 2.00 bits per heavy atom. The third-order valence-corrected chi connectivity index (χ3v) is 7.45. The summed E-state index contributed by atoms with van der Waals surface area (Å²) in [5, 5.41) is 1.48. The molecule has 4 nitrogen and oxygen atoms in total. The molecule has 6 heteroatoms. The zero-order chi connectivity index (χ0) is 16.0. The van der Waals surface area contributed by atoms with Crippen LogP contribution in [0, 0.1) is 0 Å². The number of nitrogens with zero attached hydrogens (tertiary/aromatic N) is 2. The van der Waals surface area contributed by atoms with Gasteiger partial charge in [-0.15, -0.1) is 11.3 Å². The molecule has 0 aromatic carbocycles. The van der Waals surface area contributed by atoms with Crippen molar-refractivity contribution in [1.29, 1.82) is 0 Å². The number of carbonyl (C=O) groups excluding carboxylic acids is 1.